The van der Waals surface area contributed by atoms with E-state index in [-0.39, 0.29) is 16.6 Å². The maximum Gasteiger partial charge on any atom is 0.245 e. The first-order valence-corrected chi connectivity index (χ1v) is 7.52. The van der Waals surface area contributed by atoms with Crippen molar-refractivity contribution in [3.63, 3.8) is 0 Å². The maximum atomic E-state index is 13.4. The van der Waals surface area contributed by atoms with E-state index >= 15 is 0 Å². The monoisotopic (exact) mass is 287 g/mol. The van der Waals surface area contributed by atoms with Crippen LogP contribution in [-0.2, 0) is 10.0 Å². The molecule has 7 heteroatoms. The van der Waals surface area contributed by atoms with Crippen molar-refractivity contribution in [2.75, 3.05) is 32.4 Å². The second-order valence-corrected chi connectivity index (χ2v) is 6.75. The molecule has 0 radical (unpaired) electrons. The van der Waals surface area contributed by atoms with Gasteiger partial charge >= 0.3 is 0 Å². The van der Waals surface area contributed by atoms with Crippen molar-refractivity contribution >= 4 is 15.7 Å². The van der Waals surface area contributed by atoms with Crippen molar-refractivity contribution in [1.82, 2.24) is 9.21 Å². The first-order valence-electron chi connectivity index (χ1n) is 6.08. The zero-order valence-corrected chi connectivity index (χ0v) is 11.8. The van der Waals surface area contributed by atoms with Gasteiger partial charge in [0.1, 0.15) is 10.7 Å². The van der Waals surface area contributed by atoms with Crippen molar-refractivity contribution in [3.05, 3.63) is 24.0 Å². The Kier molecular flexibility index (Phi) is 3.80. The molecular formula is C12H18FN3O2S. The van der Waals surface area contributed by atoms with Gasteiger partial charge < -0.3 is 10.6 Å². The Morgan fingerprint density at radius 3 is 2.68 bits per heavy atom. The second kappa shape index (κ2) is 5.07. The van der Waals surface area contributed by atoms with Gasteiger partial charge in [-0.05, 0) is 26.1 Å². The molecule has 5 nitrogen and oxygen atoms in total. The molecular weight excluding hydrogens is 269 g/mol. The smallest absolute Gasteiger partial charge is 0.245 e. The Hall–Kier alpha value is -1.18. The summed E-state index contributed by atoms with van der Waals surface area (Å²) in [4.78, 5) is 1.94. The van der Waals surface area contributed by atoms with Crippen LogP contribution in [0.2, 0.25) is 0 Å². The van der Waals surface area contributed by atoms with Crippen LogP contribution in [0, 0.1) is 5.82 Å². The molecule has 1 fully saturated rings. The summed E-state index contributed by atoms with van der Waals surface area (Å²) in [5.41, 5.74) is 5.24. The molecule has 2 rings (SSSR count). The lowest BCUT2D eigenvalue weighted by Gasteiger charge is -2.36. The van der Waals surface area contributed by atoms with Gasteiger partial charge in [0.25, 0.3) is 0 Å². The quantitative estimate of drug-likeness (QED) is 0.815. The van der Waals surface area contributed by atoms with Crippen LogP contribution in [0.3, 0.4) is 0 Å². The Bertz CT molecular complexity index is 576. The zero-order chi connectivity index (χ0) is 14.2. The predicted molar refractivity (Wildman–Crippen MR) is 71.7 cm³/mol. The van der Waals surface area contributed by atoms with Gasteiger partial charge in [0.15, 0.2) is 0 Å². The first-order chi connectivity index (χ1) is 8.84. The largest absolute Gasteiger partial charge is 0.395 e. The number of anilines is 1. The molecule has 2 N–H and O–H groups in total. The minimum Gasteiger partial charge on any atom is -0.395 e. The molecule has 0 amide bonds. The fourth-order valence-corrected chi connectivity index (χ4v) is 3.75. The molecule has 1 aromatic rings. The molecule has 106 valence electrons. The van der Waals surface area contributed by atoms with Gasteiger partial charge in [-0.1, -0.05) is 6.07 Å². The normalized spacial score (nSPS) is 22.6. The summed E-state index contributed by atoms with van der Waals surface area (Å²) in [6.07, 6.45) is 0. The van der Waals surface area contributed by atoms with E-state index in [0.29, 0.717) is 19.6 Å². The van der Waals surface area contributed by atoms with Crippen LogP contribution < -0.4 is 5.73 Å². The molecule has 1 unspecified atom stereocenters. The van der Waals surface area contributed by atoms with E-state index < -0.39 is 15.8 Å². The lowest BCUT2D eigenvalue weighted by atomic mass is 10.2. The van der Waals surface area contributed by atoms with E-state index in [2.05, 4.69) is 4.90 Å². The molecule has 1 saturated heterocycles. The zero-order valence-electron chi connectivity index (χ0n) is 11.0. The van der Waals surface area contributed by atoms with Crippen LogP contribution in [0.1, 0.15) is 6.92 Å². The number of halogens is 1. The lowest BCUT2D eigenvalue weighted by molar-refractivity contribution is 0.159. The van der Waals surface area contributed by atoms with Crippen LogP contribution in [0.15, 0.2) is 23.1 Å². The van der Waals surface area contributed by atoms with Gasteiger partial charge in [-0.15, -0.1) is 0 Å². The van der Waals surface area contributed by atoms with E-state index in [4.69, 9.17) is 5.73 Å². The summed E-state index contributed by atoms with van der Waals surface area (Å²) in [6.45, 7) is 3.38. The number of hydrogen-bond acceptors (Lipinski definition) is 4. The number of rotatable bonds is 2. The first kappa shape index (κ1) is 14.2. The van der Waals surface area contributed by atoms with Crippen LogP contribution in [0.4, 0.5) is 10.1 Å². The van der Waals surface area contributed by atoms with Gasteiger partial charge in [-0.25, -0.2) is 12.8 Å². The van der Waals surface area contributed by atoms with E-state index in [9.17, 15) is 12.8 Å². The van der Waals surface area contributed by atoms with Crippen LogP contribution in [0.5, 0.6) is 0 Å². The minimum absolute atomic E-state index is 0.123. The molecule has 0 spiro atoms. The predicted octanol–water partition coefficient (Wildman–Crippen LogP) is 0.733. The molecule has 1 aromatic carbocycles. The highest BCUT2D eigenvalue weighted by Crippen LogP contribution is 2.26. The number of hydrogen-bond donors (Lipinski definition) is 1. The molecule has 0 aromatic heterocycles. The summed E-state index contributed by atoms with van der Waals surface area (Å²) in [5.74, 6) is -0.705. The fraction of sp³-hybridized carbons (Fsp3) is 0.500. The molecule has 19 heavy (non-hydrogen) atoms. The number of benzene rings is 1. The van der Waals surface area contributed by atoms with E-state index in [1.165, 1.54) is 16.4 Å². The number of nitrogens with two attached hydrogens (primary N) is 1. The van der Waals surface area contributed by atoms with Crippen molar-refractivity contribution in [3.8, 4) is 0 Å². The second-order valence-electron chi connectivity index (χ2n) is 4.84. The van der Waals surface area contributed by atoms with Crippen LogP contribution in [-0.4, -0.2) is 50.3 Å². The fourth-order valence-electron chi connectivity index (χ4n) is 2.11. The van der Waals surface area contributed by atoms with Gasteiger partial charge in [-0.3, -0.25) is 0 Å². The molecule has 1 aliphatic rings. The average molecular weight is 287 g/mol. The number of nitrogens with zero attached hydrogens (tertiary/aromatic N) is 2. The summed E-state index contributed by atoms with van der Waals surface area (Å²) in [7, 11) is -1.78. The van der Waals surface area contributed by atoms with Crippen LogP contribution in [0.25, 0.3) is 0 Å². The van der Waals surface area contributed by atoms with Gasteiger partial charge in [-0.2, -0.15) is 4.31 Å². The van der Waals surface area contributed by atoms with Crippen LogP contribution >= 0.6 is 0 Å². The highest BCUT2D eigenvalue weighted by molar-refractivity contribution is 7.89. The summed E-state index contributed by atoms with van der Waals surface area (Å²) in [5, 5.41) is 0. The van der Waals surface area contributed by atoms with Gasteiger partial charge in [0, 0.05) is 25.7 Å². The number of likely N-dealkylation sites (N-methyl/N-ethyl adjacent to an activating group) is 1. The highest BCUT2D eigenvalue weighted by Gasteiger charge is 2.32. The summed E-state index contributed by atoms with van der Waals surface area (Å²) in [6, 6.07) is 3.98. The van der Waals surface area contributed by atoms with E-state index in [1.807, 2.05) is 14.0 Å². The van der Waals surface area contributed by atoms with Crippen molar-refractivity contribution in [2.24, 2.45) is 0 Å². The third-order valence-electron chi connectivity index (χ3n) is 3.55. The van der Waals surface area contributed by atoms with Gasteiger partial charge in [0.2, 0.25) is 10.0 Å². The molecule has 1 atom stereocenters. The minimum atomic E-state index is -3.73. The summed E-state index contributed by atoms with van der Waals surface area (Å²) < 4.78 is 39.7. The molecule has 0 bridgehead atoms. The van der Waals surface area contributed by atoms with Crippen molar-refractivity contribution in [2.45, 2.75) is 17.9 Å². The molecule has 0 saturated carbocycles. The molecule has 0 aliphatic carbocycles. The Morgan fingerprint density at radius 2 is 2.05 bits per heavy atom. The Morgan fingerprint density at radius 1 is 1.37 bits per heavy atom. The summed E-state index contributed by atoms with van der Waals surface area (Å²) >= 11 is 0. The number of para-hydroxylation sites is 1. The molecule has 1 aliphatic heterocycles. The number of piperazine rings is 1. The van der Waals surface area contributed by atoms with E-state index in [1.54, 1.807) is 0 Å². The highest BCUT2D eigenvalue weighted by atomic mass is 32.2. The Labute approximate surface area is 112 Å². The Balaban J connectivity index is 2.35. The third kappa shape index (κ3) is 2.58. The molecule has 1 heterocycles. The van der Waals surface area contributed by atoms with E-state index in [0.717, 1.165) is 6.07 Å². The SMILES string of the molecule is CC1CN(S(=O)(=O)c2cccc(F)c2N)CCN1C. The standard InChI is InChI=1S/C12H18FN3O2S/c1-9-8-16(7-6-15(9)2)19(17,18)11-5-3-4-10(13)12(11)14/h3-5,9H,6-8,14H2,1-2H3. The number of sulfonamides is 1. The topological polar surface area (TPSA) is 66.6 Å². The van der Waals surface area contributed by atoms with Crippen molar-refractivity contribution < 1.29 is 12.8 Å². The van der Waals surface area contributed by atoms with Crippen molar-refractivity contribution in [1.29, 1.82) is 0 Å². The maximum absolute atomic E-state index is 13.4. The average Bonchev–Trinajstić information content (AvgIpc) is 2.35. The van der Waals surface area contributed by atoms with Gasteiger partial charge in [0.05, 0.1) is 5.69 Å². The number of nitrogen functional groups attached to an aromatic ring is 1. The lowest BCUT2D eigenvalue weighted by Crippen LogP contribution is -2.51. The third-order valence-corrected chi connectivity index (χ3v) is 5.48.